The molecule has 0 N–H and O–H groups in total. The minimum Gasteiger partial charge on any atom is -0.281 e. The van der Waals surface area contributed by atoms with Crippen LogP contribution in [0.4, 0.5) is 26.3 Å². The maximum Gasteiger partial charge on any atom is 4.00 e. The zero-order chi connectivity index (χ0) is 20.8. The van der Waals surface area contributed by atoms with E-state index in [0.717, 1.165) is 0 Å². The van der Waals surface area contributed by atoms with Crippen LogP contribution in [0.3, 0.4) is 0 Å². The van der Waals surface area contributed by atoms with E-state index in [2.05, 4.69) is 0 Å². The van der Waals surface area contributed by atoms with Gasteiger partial charge in [-0.05, 0) is 0 Å². The molecule has 0 spiro atoms. The van der Waals surface area contributed by atoms with E-state index in [0.29, 0.717) is 24.3 Å². The van der Waals surface area contributed by atoms with Gasteiger partial charge in [0.2, 0.25) is 0 Å². The summed E-state index contributed by atoms with van der Waals surface area (Å²) >= 11 is 0. The number of benzene rings is 2. The van der Waals surface area contributed by atoms with Crippen LogP contribution in [-0.4, -0.2) is 0 Å². The molecular weight excluding hydrogens is 426 g/mol. The molecule has 4 aromatic carbocycles. The molecule has 7 heteroatoms. The molecular formula is C22H14F6Ti. The number of hydrogen-bond acceptors (Lipinski definition) is 0. The van der Waals surface area contributed by atoms with Crippen molar-refractivity contribution in [3.63, 3.8) is 0 Å². The first-order valence-electron chi connectivity index (χ1n) is 7.78. The van der Waals surface area contributed by atoms with Crippen molar-refractivity contribution in [1.82, 2.24) is 0 Å². The largest absolute Gasteiger partial charge is 4.00 e. The first kappa shape index (κ1) is 26.4. The molecule has 0 unspecified atom stereocenters. The second-order valence-electron chi connectivity index (χ2n) is 4.88. The van der Waals surface area contributed by atoms with E-state index < -0.39 is 34.9 Å². The first-order valence-corrected chi connectivity index (χ1v) is 7.78. The molecule has 0 bridgehead atoms. The van der Waals surface area contributed by atoms with E-state index in [1.807, 2.05) is 72.8 Å². The second-order valence-corrected chi connectivity index (χ2v) is 4.88. The second kappa shape index (κ2) is 15.4. The zero-order valence-electron chi connectivity index (χ0n) is 14.9. The minimum absolute atomic E-state index is 0. The van der Waals surface area contributed by atoms with Gasteiger partial charge in [-0.1, -0.05) is 12.1 Å². The van der Waals surface area contributed by atoms with Gasteiger partial charge in [0, 0.05) is 23.3 Å². The van der Waals surface area contributed by atoms with Gasteiger partial charge < -0.3 is 0 Å². The van der Waals surface area contributed by atoms with Crippen molar-refractivity contribution in [2.24, 2.45) is 0 Å². The van der Waals surface area contributed by atoms with Gasteiger partial charge in [0.15, 0.2) is 0 Å². The molecule has 0 heterocycles. The Morgan fingerprint density at radius 1 is 0.517 bits per heavy atom. The average molecular weight is 440 g/mol. The first-order chi connectivity index (χ1) is 13.4. The van der Waals surface area contributed by atoms with Crippen LogP contribution in [0.15, 0.2) is 84.9 Å². The molecule has 0 aliphatic carbocycles. The summed E-state index contributed by atoms with van der Waals surface area (Å²) < 4.78 is 71.5. The third-order valence-electron chi connectivity index (χ3n) is 2.75. The molecule has 0 fully saturated rings. The van der Waals surface area contributed by atoms with Crippen molar-refractivity contribution in [1.29, 1.82) is 0 Å². The van der Waals surface area contributed by atoms with Gasteiger partial charge in [-0.25, -0.2) is 41.8 Å². The summed E-state index contributed by atoms with van der Waals surface area (Å²) in [6, 6.07) is 25.8. The Bertz CT molecular complexity index is 780. The third kappa shape index (κ3) is 12.5. The smallest absolute Gasteiger partial charge is 0.281 e. The van der Waals surface area contributed by atoms with E-state index in [1.165, 1.54) is 0 Å². The molecule has 0 nitrogen and oxygen atoms in total. The van der Waals surface area contributed by atoms with Crippen LogP contribution in [0.5, 0.6) is 0 Å². The SMILES string of the molecule is Fc1[c-]cc(F)c(F)c1.Fc1[c-]cc(F)c(F)c1.[Ti+4].c1cc[cH-]c1.c1cc[cH-]c1. The van der Waals surface area contributed by atoms with Crippen molar-refractivity contribution < 1.29 is 48.1 Å². The van der Waals surface area contributed by atoms with Crippen molar-refractivity contribution in [3.05, 3.63) is 132 Å². The van der Waals surface area contributed by atoms with Gasteiger partial charge in [-0.3, -0.25) is 8.78 Å². The predicted molar refractivity (Wildman–Crippen MR) is 94.4 cm³/mol. The van der Waals surface area contributed by atoms with Crippen LogP contribution in [0.25, 0.3) is 0 Å². The van der Waals surface area contributed by atoms with Gasteiger partial charge in [0.25, 0.3) is 0 Å². The van der Waals surface area contributed by atoms with E-state index >= 15 is 0 Å². The van der Waals surface area contributed by atoms with Crippen LogP contribution in [0, 0.1) is 47.0 Å². The van der Waals surface area contributed by atoms with E-state index in [4.69, 9.17) is 0 Å². The summed E-state index contributed by atoms with van der Waals surface area (Å²) in [5.74, 6) is -6.34. The van der Waals surface area contributed by atoms with Crippen molar-refractivity contribution in [3.8, 4) is 0 Å². The van der Waals surface area contributed by atoms with Gasteiger partial charge in [-0.2, -0.15) is 36.4 Å². The Kier molecular flexibility index (Phi) is 14.0. The van der Waals surface area contributed by atoms with E-state index in [1.54, 1.807) is 0 Å². The van der Waals surface area contributed by atoms with Crippen molar-refractivity contribution in [2.45, 2.75) is 0 Å². The quantitative estimate of drug-likeness (QED) is 0.125. The maximum atomic E-state index is 11.9. The number of hydrogen-bond donors (Lipinski definition) is 0. The Hall–Kier alpha value is -2.57. The summed E-state index contributed by atoms with van der Waals surface area (Å²) in [6.07, 6.45) is 0. The van der Waals surface area contributed by atoms with Crippen LogP contribution >= 0.6 is 0 Å². The summed E-state index contributed by atoms with van der Waals surface area (Å²) in [6.45, 7) is 0. The van der Waals surface area contributed by atoms with Crippen molar-refractivity contribution >= 4 is 0 Å². The maximum absolute atomic E-state index is 11.9. The van der Waals surface area contributed by atoms with E-state index in [9.17, 15) is 26.3 Å². The average Bonchev–Trinajstić information content (AvgIpc) is 3.41. The summed E-state index contributed by atoms with van der Waals surface area (Å²) in [4.78, 5) is 0. The predicted octanol–water partition coefficient (Wildman–Crippen LogP) is 6.62. The standard InChI is InChI=1S/2C6H2F3.2C5H5.Ti/c2*7-4-1-2-5(8)6(9)3-4;2*1-2-4-5-3-1;/h2*2-3H;2*1-5H;/q4*-1;+4. The molecule has 4 aromatic rings. The van der Waals surface area contributed by atoms with Crippen LogP contribution in [0.2, 0.25) is 0 Å². The van der Waals surface area contributed by atoms with Gasteiger partial charge in [0.05, 0.1) is 11.6 Å². The molecule has 29 heavy (non-hydrogen) atoms. The van der Waals surface area contributed by atoms with Crippen molar-refractivity contribution in [2.75, 3.05) is 0 Å². The molecule has 0 atom stereocenters. The summed E-state index contributed by atoms with van der Waals surface area (Å²) in [5, 5.41) is 0. The third-order valence-corrected chi connectivity index (χ3v) is 2.75. The Morgan fingerprint density at radius 3 is 1.00 bits per heavy atom. The Balaban J connectivity index is 0.000000369. The molecule has 0 aliphatic heterocycles. The van der Waals surface area contributed by atoms with E-state index in [-0.39, 0.29) is 21.7 Å². The van der Waals surface area contributed by atoms with Crippen LogP contribution in [-0.2, 0) is 21.7 Å². The zero-order valence-corrected chi connectivity index (χ0v) is 16.4. The monoisotopic (exact) mass is 440 g/mol. The fourth-order valence-corrected chi connectivity index (χ4v) is 1.49. The molecule has 4 rings (SSSR count). The molecule has 0 aliphatic rings. The van der Waals surface area contributed by atoms with Gasteiger partial charge in [-0.15, -0.1) is 24.3 Å². The normalized spacial score (nSPS) is 8.76. The number of halogens is 6. The molecule has 0 radical (unpaired) electrons. The minimum atomic E-state index is -1.19. The summed E-state index contributed by atoms with van der Waals surface area (Å²) in [5.41, 5.74) is 0. The molecule has 148 valence electrons. The molecule has 0 saturated heterocycles. The van der Waals surface area contributed by atoms with Gasteiger partial charge >= 0.3 is 21.7 Å². The number of rotatable bonds is 0. The van der Waals surface area contributed by atoms with Crippen LogP contribution in [0.1, 0.15) is 0 Å². The summed E-state index contributed by atoms with van der Waals surface area (Å²) in [7, 11) is 0. The molecule has 0 amide bonds. The molecule has 0 saturated carbocycles. The fraction of sp³-hybridized carbons (Fsp3) is 0. The van der Waals surface area contributed by atoms with Gasteiger partial charge in [0.1, 0.15) is 0 Å². The fourth-order valence-electron chi connectivity index (χ4n) is 1.49. The molecule has 0 aromatic heterocycles. The Morgan fingerprint density at radius 2 is 0.828 bits per heavy atom. The topological polar surface area (TPSA) is 0 Å². The Labute approximate surface area is 180 Å². The van der Waals surface area contributed by atoms with Crippen LogP contribution < -0.4 is 0 Å².